The maximum Gasteiger partial charge on any atom is 0.314 e. The van der Waals surface area contributed by atoms with E-state index in [4.69, 9.17) is 0 Å². The number of rotatable bonds is 7. The highest BCUT2D eigenvalue weighted by atomic mass is 16.3. The van der Waals surface area contributed by atoms with Gasteiger partial charge in [0.15, 0.2) is 0 Å². The Labute approximate surface area is 136 Å². The normalized spacial score (nSPS) is 11.7. The maximum atomic E-state index is 11.8. The molecule has 0 spiro atoms. The Hall–Kier alpha value is -2.08. The van der Waals surface area contributed by atoms with Crippen molar-refractivity contribution in [3.63, 3.8) is 0 Å². The number of urea groups is 1. The molecule has 6 heteroatoms. The largest absolute Gasteiger partial charge is 0.388 e. The fourth-order valence-electron chi connectivity index (χ4n) is 2.57. The molecule has 0 unspecified atom stereocenters. The van der Waals surface area contributed by atoms with Crippen LogP contribution in [0.15, 0.2) is 24.3 Å². The summed E-state index contributed by atoms with van der Waals surface area (Å²) >= 11 is 0. The number of aromatic nitrogens is 2. The molecule has 1 heterocycles. The zero-order valence-electron chi connectivity index (χ0n) is 14.1. The van der Waals surface area contributed by atoms with E-state index in [1.54, 1.807) is 0 Å². The Morgan fingerprint density at radius 3 is 2.65 bits per heavy atom. The number of carbonyl (C=O) groups is 1. The monoisotopic (exact) mass is 318 g/mol. The molecular formula is C17H26N4O2. The molecule has 0 saturated heterocycles. The van der Waals surface area contributed by atoms with Crippen LogP contribution >= 0.6 is 0 Å². The van der Waals surface area contributed by atoms with Crippen LogP contribution in [0.4, 0.5) is 4.79 Å². The molecule has 2 rings (SSSR count). The van der Waals surface area contributed by atoms with E-state index in [2.05, 4.69) is 20.2 Å². The van der Waals surface area contributed by atoms with E-state index in [0.717, 1.165) is 16.9 Å². The number of nitrogens with one attached hydrogen (secondary N) is 2. The van der Waals surface area contributed by atoms with E-state index in [9.17, 15) is 9.90 Å². The molecule has 3 N–H and O–H groups in total. The summed E-state index contributed by atoms with van der Waals surface area (Å²) in [5.41, 5.74) is 1.21. The lowest BCUT2D eigenvalue weighted by Gasteiger charge is -2.25. The van der Waals surface area contributed by atoms with E-state index >= 15 is 0 Å². The molecule has 0 aliphatic carbocycles. The zero-order chi connectivity index (χ0) is 16.9. The fourth-order valence-corrected chi connectivity index (χ4v) is 2.57. The molecule has 0 fully saturated rings. The second kappa shape index (κ2) is 7.46. The average molecular weight is 318 g/mol. The summed E-state index contributed by atoms with van der Waals surface area (Å²) in [6.45, 7) is 7.21. The van der Waals surface area contributed by atoms with Crippen molar-refractivity contribution >= 4 is 17.1 Å². The van der Waals surface area contributed by atoms with Crippen LogP contribution in [-0.2, 0) is 6.54 Å². The minimum Gasteiger partial charge on any atom is -0.388 e. The second-order valence-electron chi connectivity index (χ2n) is 5.84. The Morgan fingerprint density at radius 2 is 1.96 bits per heavy atom. The molecule has 2 amide bonds. The van der Waals surface area contributed by atoms with Crippen molar-refractivity contribution in [2.24, 2.45) is 0 Å². The van der Waals surface area contributed by atoms with Gasteiger partial charge in [-0.25, -0.2) is 9.78 Å². The molecule has 0 bridgehead atoms. The smallest absolute Gasteiger partial charge is 0.314 e. The molecule has 6 nitrogen and oxygen atoms in total. The summed E-state index contributed by atoms with van der Waals surface area (Å²) in [4.78, 5) is 16.3. The van der Waals surface area contributed by atoms with Gasteiger partial charge in [0.2, 0.25) is 0 Å². The van der Waals surface area contributed by atoms with E-state index in [1.165, 1.54) is 0 Å². The van der Waals surface area contributed by atoms with E-state index < -0.39 is 5.60 Å². The molecule has 0 aliphatic rings. The Balaban J connectivity index is 1.84. The van der Waals surface area contributed by atoms with Crippen molar-refractivity contribution in [1.82, 2.24) is 20.2 Å². The van der Waals surface area contributed by atoms with E-state index in [-0.39, 0.29) is 12.6 Å². The lowest BCUT2D eigenvalue weighted by Crippen LogP contribution is -2.46. The van der Waals surface area contributed by atoms with Crippen molar-refractivity contribution in [1.29, 1.82) is 0 Å². The summed E-state index contributed by atoms with van der Waals surface area (Å²) in [7, 11) is 0. The molecule has 0 radical (unpaired) electrons. The SMILES string of the molecule is CCC(O)(CC)CNC(=O)NCCn1c(C)nc2ccccc21. The van der Waals surface area contributed by atoms with Gasteiger partial charge in [-0.1, -0.05) is 26.0 Å². The van der Waals surface area contributed by atoms with E-state index in [1.807, 2.05) is 45.0 Å². The van der Waals surface area contributed by atoms with Crippen LogP contribution in [0.25, 0.3) is 11.0 Å². The number of para-hydroxylation sites is 2. The van der Waals surface area contributed by atoms with Gasteiger partial charge in [-0.3, -0.25) is 0 Å². The number of aliphatic hydroxyl groups is 1. The summed E-state index contributed by atoms with van der Waals surface area (Å²) in [5, 5.41) is 15.7. The molecule has 126 valence electrons. The van der Waals surface area contributed by atoms with Gasteiger partial charge in [0, 0.05) is 19.6 Å². The predicted molar refractivity (Wildman–Crippen MR) is 91.4 cm³/mol. The maximum absolute atomic E-state index is 11.8. The minimum atomic E-state index is -0.825. The Kier molecular flexibility index (Phi) is 5.60. The Morgan fingerprint density at radius 1 is 1.26 bits per heavy atom. The fraction of sp³-hybridized carbons (Fsp3) is 0.529. The summed E-state index contributed by atoms with van der Waals surface area (Å²) < 4.78 is 2.09. The predicted octanol–water partition coefficient (Wildman–Crippen LogP) is 2.20. The third-order valence-corrected chi connectivity index (χ3v) is 4.36. The number of benzene rings is 1. The Bertz CT molecular complexity index is 662. The first-order chi connectivity index (χ1) is 11.0. The highest BCUT2D eigenvalue weighted by molar-refractivity contribution is 5.76. The number of imidazole rings is 1. The molecule has 1 aromatic carbocycles. The van der Waals surface area contributed by atoms with Crippen molar-refractivity contribution < 1.29 is 9.90 Å². The second-order valence-corrected chi connectivity index (χ2v) is 5.84. The standard InChI is InChI=1S/C17H26N4O2/c1-4-17(23,5-2)12-19-16(22)18-10-11-21-13(3)20-14-8-6-7-9-15(14)21/h6-9,23H,4-5,10-12H2,1-3H3,(H2,18,19,22). The highest BCUT2D eigenvalue weighted by Gasteiger charge is 2.22. The van der Waals surface area contributed by atoms with Gasteiger partial charge in [-0.15, -0.1) is 0 Å². The lowest BCUT2D eigenvalue weighted by atomic mass is 9.98. The summed E-state index contributed by atoms with van der Waals surface area (Å²) in [6.07, 6.45) is 1.23. The van der Waals surface area contributed by atoms with Crippen LogP contribution in [0.3, 0.4) is 0 Å². The van der Waals surface area contributed by atoms with Crippen LogP contribution in [0.5, 0.6) is 0 Å². The number of aryl methyl sites for hydroxylation is 1. The zero-order valence-corrected chi connectivity index (χ0v) is 14.1. The minimum absolute atomic E-state index is 0.257. The molecule has 0 aliphatic heterocycles. The van der Waals surface area contributed by atoms with Gasteiger partial charge < -0.3 is 20.3 Å². The van der Waals surface area contributed by atoms with Crippen LogP contribution in [0.2, 0.25) is 0 Å². The number of nitrogens with zero attached hydrogens (tertiary/aromatic N) is 2. The molecule has 2 aromatic rings. The third-order valence-electron chi connectivity index (χ3n) is 4.36. The number of hydrogen-bond donors (Lipinski definition) is 3. The van der Waals surface area contributed by atoms with Crippen LogP contribution < -0.4 is 10.6 Å². The highest BCUT2D eigenvalue weighted by Crippen LogP contribution is 2.15. The van der Waals surface area contributed by atoms with E-state index in [0.29, 0.717) is 25.9 Å². The molecular weight excluding hydrogens is 292 g/mol. The topological polar surface area (TPSA) is 79.2 Å². The van der Waals surface area contributed by atoms with Crippen molar-refractivity contribution in [2.45, 2.75) is 45.8 Å². The van der Waals surface area contributed by atoms with Gasteiger partial charge in [-0.2, -0.15) is 0 Å². The van der Waals surface area contributed by atoms with Crippen molar-refractivity contribution in [2.75, 3.05) is 13.1 Å². The molecule has 1 aromatic heterocycles. The number of fused-ring (bicyclic) bond motifs is 1. The van der Waals surface area contributed by atoms with Gasteiger partial charge in [0.25, 0.3) is 0 Å². The summed E-state index contributed by atoms with van der Waals surface area (Å²) in [5.74, 6) is 0.930. The van der Waals surface area contributed by atoms with Crippen LogP contribution in [0, 0.1) is 6.92 Å². The van der Waals surface area contributed by atoms with Crippen molar-refractivity contribution in [3.8, 4) is 0 Å². The molecule has 0 saturated carbocycles. The average Bonchev–Trinajstić information content (AvgIpc) is 2.88. The number of amides is 2. The number of hydrogen-bond acceptors (Lipinski definition) is 3. The van der Waals surface area contributed by atoms with Gasteiger partial charge in [0.1, 0.15) is 5.82 Å². The van der Waals surface area contributed by atoms with Gasteiger partial charge >= 0.3 is 6.03 Å². The molecule has 23 heavy (non-hydrogen) atoms. The van der Waals surface area contributed by atoms with Crippen molar-refractivity contribution in [3.05, 3.63) is 30.1 Å². The first-order valence-corrected chi connectivity index (χ1v) is 8.15. The third kappa shape index (κ3) is 4.22. The molecule has 0 atom stereocenters. The summed E-state index contributed by atoms with van der Waals surface area (Å²) in [6, 6.07) is 7.70. The first-order valence-electron chi connectivity index (χ1n) is 8.15. The lowest BCUT2D eigenvalue weighted by molar-refractivity contribution is 0.0349. The van der Waals surface area contributed by atoms with Crippen LogP contribution in [-0.4, -0.2) is 39.4 Å². The van der Waals surface area contributed by atoms with Crippen LogP contribution in [0.1, 0.15) is 32.5 Å². The van der Waals surface area contributed by atoms with Gasteiger partial charge in [0.05, 0.1) is 16.6 Å². The first kappa shape index (κ1) is 17.3. The number of carbonyl (C=O) groups excluding carboxylic acids is 1. The van der Waals surface area contributed by atoms with Gasteiger partial charge in [-0.05, 0) is 31.9 Å². The quantitative estimate of drug-likeness (QED) is 0.732.